The first-order chi connectivity index (χ1) is 16.5. The second-order valence-corrected chi connectivity index (χ2v) is 10.5. The van der Waals surface area contributed by atoms with Crippen molar-refractivity contribution in [3.63, 3.8) is 0 Å². The molecular formula is C26H24O7S. The molecule has 1 N–H and O–H groups in total. The van der Waals surface area contributed by atoms with E-state index in [-0.39, 0.29) is 11.7 Å². The fourth-order valence-electron chi connectivity index (χ4n) is 4.84. The third-order valence-electron chi connectivity index (χ3n) is 6.42. The second kappa shape index (κ2) is 9.12. The summed E-state index contributed by atoms with van der Waals surface area (Å²) < 4.78 is 44.6. The molecule has 7 nitrogen and oxygen atoms in total. The van der Waals surface area contributed by atoms with Gasteiger partial charge in [0.05, 0.1) is 22.7 Å². The molecule has 2 aliphatic heterocycles. The molecule has 0 aromatic heterocycles. The molecule has 0 amide bonds. The number of hydrogen-bond donors (Lipinski definition) is 1. The Hall–Kier alpha value is -3.36. The van der Waals surface area contributed by atoms with Crippen LogP contribution in [-0.4, -0.2) is 39.0 Å². The third kappa shape index (κ3) is 4.03. The number of rotatable bonds is 7. The van der Waals surface area contributed by atoms with Crippen LogP contribution in [0.2, 0.25) is 0 Å². The van der Waals surface area contributed by atoms with Crippen LogP contribution in [-0.2, 0) is 25.8 Å². The van der Waals surface area contributed by atoms with Gasteiger partial charge < -0.3 is 19.3 Å². The van der Waals surface area contributed by atoms with E-state index in [0.29, 0.717) is 23.5 Å². The van der Waals surface area contributed by atoms with Crippen LogP contribution in [0, 0.1) is 11.8 Å². The molecule has 0 unspecified atom stereocenters. The smallest absolute Gasteiger partial charge is 0.310 e. The van der Waals surface area contributed by atoms with E-state index in [9.17, 15) is 18.3 Å². The molecule has 0 spiro atoms. The number of benzene rings is 3. The van der Waals surface area contributed by atoms with Crippen molar-refractivity contribution < 1.29 is 32.5 Å². The normalized spacial score (nSPS) is 22.4. The predicted molar refractivity (Wildman–Crippen MR) is 123 cm³/mol. The Morgan fingerprint density at radius 2 is 1.59 bits per heavy atom. The van der Waals surface area contributed by atoms with Crippen LogP contribution < -0.4 is 9.47 Å². The highest BCUT2D eigenvalue weighted by atomic mass is 32.2. The van der Waals surface area contributed by atoms with Crippen molar-refractivity contribution in [2.45, 2.75) is 22.7 Å². The molecule has 0 aliphatic carbocycles. The average molecular weight is 481 g/mol. The van der Waals surface area contributed by atoms with Crippen molar-refractivity contribution in [2.75, 3.05) is 13.4 Å². The molecule has 8 heteroatoms. The molecule has 3 aromatic carbocycles. The number of carbonyl (C=O) groups is 1. The zero-order valence-corrected chi connectivity index (χ0v) is 19.1. The summed E-state index contributed by atoms with van der Waals surface area (Å²) in [6.07, 6.45) is -0.665. The fourth-order valence-corrected chi connectivity index (χ4v) is 6.95. The van der Waals surface area contributed by atoms with Gasteiger partial charge in [0.25, 0.3) is 0 Å². The molecular weight excluding hydrogens is 456 g/mol. The fraction of sp³-hybridized carbons (Fsp3) is 0.269. The Morgan fingerprint density at radius 3 is 2.29 bits per heavy atom. The maximum Gasteiger partial charge on any atom is 0.310 e. The molecule has 5 rings (SSSR count). The Morgan fingerprint density at radius 1 is 0.912 bits per heavy atom. The van der Waals surface area contributed by atoms with Crippen molar-refractivity contribution in [3.05, 3.63) is 90.0 Å². The van der Waals surface area contributed by atoms with Crippen molar-refractivity contribution in [2.24, 2.45) is 11.8 Å². The van der Waals surface area contributed by atoms with Gasteiger partial charge in [-0.2, -0.15) is 0 Å². The van der Waals surface area contributed by atoms with Crippen LogP contribution in [0.25, 0.3) is 0 Å². The molecule has 4 atom stereocenters. The first-order valence-corrected chi connectivity index (χ1v) is 12.6. The van der Waals surface area contributed by atoms with E-state index in [1.54, 1.807) is 36.4 Å². The first-order valence-electron chi connectivity index (χ1n) is 11.0. The van der Waals surface area contributed by atoms with Gasteiger partial charge in [0.2, 0.25) is 6.79 Å². The molecule has 2 aliphatic rings. The molecule has 1 fully saturated rings. The van der Waals surface area contributed by atoms with Crippen LogP contribution in [0.3, 0.4) is 0 Å². The van der Waals surface area contributed by atoms with Crippen LogP contribution in [0.5, 0.6) is 11.5 Å². The summed E-state index contributed by atoms with van der Waals surface area (Å²) in [6.45, 7) is -0.428. The molecule has 176 valence electrons. The van der Waals surface area contributed by atoms with E-state index < -0.39 is 45.6 Å². The minimum absolute atomic E-state index is 0.0514. The summed E-state index contributed by atoms with van der Waals surface area (Å²) in [4.78, 5) is 13.1. The number of aliphatic hydroxyl groups is 1. The Bertz CT molecular complexity index is 1280. The molecule has 3 aromatic rings. The molecule has 2 heterocycles. The number of aliphatic hydroxyl groups excluding tert-OH is 1. The standard InChI is InChI=1S/C26H24O7S/c27-15-23-24(20(26(28)33-23)13-17-7-3-1-4-8-17)25(34(29,30)19-9-5-2-6-10-19)18-11-12-21-22(14-18)32-16-31-21/h1-12,14,20,23-25,27H,13,15-16H2/t20-,23-,24+,25-/m1/s1. The van der Waals surface area contributed by atoms with Crippen LogP contribution in [0.4, 0.5) is 0 Å². The monoisotopic (exact) mass is 480 g/mol. The average Bonchev–Trinajstić information content (AvgIpc) is 3.45. The van der Waals surface area contributed by atoms with E-state index in [2.05, 4.69) is 0 Å². The third-order valence-corrected chi connectivity index (χ3v) is 8.61. The van der Waals surface area contributed by atoms with Gasteiger partial charge in [-0.15, -0.1) is 0 Å². The van der Waals surface area contributed by atoms with E-state index in [0.717, 1.165) is 5.56 Å². The molecule has 0 saturated carbocycles. The summed E-state index contributed by atoms with van der Waals surface area (Å²) in [5.41, 5.74) is 1.34. The van der Waals surface area contributed by atoms with Gasteiger partial charge in [0.1, 0.15) is 6.10 Å². The number of ether oxygens (including phenoxy) is 3. The van der Waals surface area contributed by atoms with Gasteiger partial charge >= 0.3 is 5.97 Å². The lowest BCUT2D eigenvalue weighted by Crippen LogP contribution is -2.35. The van der Waals surface area contributed by atoms with Crippen LogP contribution >= 0.6 is 0 Å². The summed E-state index contributed by atoms with van der Waals surface area (Å²) in [6, 6.07) is 22.5. The Kier molecular flexibility index (Phi) is 6.02. The number of cyclic esters (lactones) is 1. The van der Waals surface area contributed by atoms with Gasteiger partial charge in [-0.25, -0.2) is 8.42 Å². The largest absolute Gasteiger partial charge is 0.459 e. The Labute approximate surface area is 197 Å². The lowest BCUT2D eigenvalue weighted by atomic mass is 9.81. The van der Waals surface area contributed by atoms with E-state index in [1.807, 2.05) is 30.3 Å². The lowest BCUT2D eigenvalue weighted by molar-refractivity contribution is -0.145. The SMILES string of the molecule is O=C1O[C@H](CO)[C@@H]([C@@H](c2ccc3c(c2)OCO3)S(=O)(=O)c2ccccc2)[C@H]1Cc1ccccc1. The summed E-state index contributed by atoms with van der Waals surface area (Å²) in [5, 5.41) is 8.96. The summed E-state index contributed by atoms with van der Waals surface area (Å²) >= 11 is 0. The summed E-state index contributed by atoms with van der Waals surface area (Å²) in [5.74, 6) is -1.12. The predicted octanol–water partition coefficient (Wildman–Crippen LogP) is 3.32. The minimum atomic E-state index is -3.99. The van der Waals surface area contributed by atoms with Crippen molar-refractivity contribution in [1.29, 1.82) is 0 Å². The van der Waals surface area contributed by atoms with Gasteiger partial charge in [-0.3, -0.25) is 4.79 Å². The number of sulfone groups is 1. The summed E-state index contributed by atoms with van der Waals surface area (Å²) in [7, 11) is -3.99. The van der Waals surface area contributed by atoms with E-state index >= 15 is 0 Å². The van der Waals surface area contributed by atoms with E-state index in [4.69, 9.17) is 14.2 Å². The first kappa shape index (κ1) is 22.4. The van der Waals surface area contributed by atoms with Gasteiger partial charge in [0, 0.05) is 5.92 Å². The second-order valence-electron chi connectivity index (χ2n) is 8.42. The maximum absolute atomic E-state index is 14.1. The highest BCUT2D eigenvalue weighted by molar-refractivity contribution is 7.91. The minimum Gasteiger partial charge on any atom is -0.459 e. The number of esters is 1. The number of hydrogen-bond acceptors (Lipinski definition) is 7. The van der Waals surface area contributed by atoms with Crippen molar-refractivity contribution >= 4 is 15.8 Å². The lowest BCUT2D eigenvalue weighted by Gasteiger charge is -2.29. The highest BCUT2D eigenvalue weighted by Gasteiger charge is 2.53. The maximum atomic E-state index is 14.1. The van der Waals surface area contributed by atoms with Gasteiger partial charge in [-0.1, -0.05) is 54.6 Å². The zero-order chi connectivity index (χ0) is 23.7. The van der Waals surface area contributed by atoms with Crippen LogP contribution in [0.1, 0.15) is 16.4 Å². The number of carbonyl (C=O) groups excluding carboxylic acids is 1. The molecule has 0 bridgehead atoms. The van der Waals surface area contributed by atoms with Gasteiger partial charge in [0.15, 0.2) is 21.3 Å². The topological polar surface area (TPSA) is 99.1 Å². The molecule has 0 radical (unpaired) electrons. The molecule has 34 heavy (non-hydrogen) atoms. The van der Waals surface area contributed by atoms with Crippen molar-refractivity contribution in [3.8, 4) is 11.5 Å². The van der Waals surface area contributed by atoms with E-state index in [1.165, 1.54) is 12.1 Å². The quantitative estimate of drug-likeness (QED) is 0.518. The van der Waals surface area contributed by atoms with Crippen LogP contribution in [0.15, 0.2) is 83.8 Å². The Balaban J connectivity index is 1.65. The molecule has 1 saturated heterocycles. The number of fused-ring (bicyclic) bond motifs is 1. The van der Waals surface area contributed by atoms with Gasteiger partial charge in [-0.05, 0) is 41.8 Å². The zero-order valence-electron chi connectivity index (χ0n) is 18.2. The van der Waals surface area contributed by atoms with Crippen molar-refractivity contribution in [1.82, 2.24) is 0 Å². The highest BCUT2D eigenvalue weighted by Crippen LogP contribution is 2.48.